The van der Waals surface area contributed by atoms with Crippen LogP contribution in [0.2, 0.25) is 0 Å². The van der Waals surface area contributed by atoms with E-state index in [2.05, 4.69) is 12.2 Å². The van der Waals surface area contributed by atoms with Gasteiger partial charge >= 0.3 is 6.18 Å². The number of hydrogen-bond acceptors (Lipinski definition) is 2. The highest BCUT2D eigenvalue weighted by Gasteiger charge is 2.62. The third-order valence-corrected chi connectivity index (χ3v) is 4.71. The van der Waals surface area contributed by atoms with Gasteiger partial charge in [-0.3, -0.25) is 4.79 Å². The summed E-state index contributed by atoms with van der Waals surface area (Å²) in [5, 5.41) is 2.70. The van der Waals surface area contributed by atoms with Crippen molar-refractivity contribution in [1.29, 1.82) is 0 Å². The van der Waals surface area contributed by atoms with Crippen LogP contribution in [-0.4, -0.2) is 43.2 Å². The number of piperidine rings is 1. The van der Waals surface area contributed by atoms with E-state index < -0.39 is 17.5 Å². The van der Waals surface area contributed by atoms with Crippen molar-refractivity contribution in [2.75, 3.05) is 26.2 Å². The molecule has 0 aliphatic carbocycles. The van der Waals surface area contributed by atoms with Crippen molar-refractivity contribution < 1.29 is 18.0 Å². The van der Waals surface area contributed by atoms with E-state index in [0.29, 0.717) is 19.0 Å². The normalized spacial score (nSPS) is 28.9. The molecule has 2 fully saturated rings. The average molecular weight is 292 g/mol. The highest BCUT2D eigenvalue weighted by Crippen LogP contribution is 2.44. The van der Waals surface area contributed by atoms with Crippen LogP contribution in [0.25, 0.3) is 0 Å². The van der Waals surface area contributed by atoms with Crippen molar-refractivity contribution in [3.05, 3.63) is 0 Å². The van der Waals surface area contributed by atoms with Gasteiger partial charge < -0.3 is 10.2 Å². The molecule has 20 heavy (non-hydrogen) atoms. The zero-order chi connectivity index (χ0) is 14.8. The monoisotopic (exact) mass is 292 g/mol. The van der Waals surface area contributed by atoms with Gasteiger partial charge in [-0.1, -0.05) is 19.8 Å². The van der Waals surface area contributed by atoms with Crippen LogP contribution < -0.4 is 5.32 Å². The Hall–Kier alpha value is -0.780. The first-order chi connectivity index (χ1) is 9.40. The quantitative estimate of drug-likeness (QED) is 0.867. The lowest BCUT2D eigenvalue weighted by Gasteiger charge is -2.38. The molecular weight excluding hydrogens is 269 g/mol. The highest BCUT2D eigenvalue weighted by atomic mass is 19.4. The van der Waals surface area contributed by atoms with Crippen molar-refractivity contribution in [3.8, 4) is 0 Å². The van der Waals surface area contributed by atoms with Gasteiger partial charge in [-0.15, -0.1) is 0 Å². The molecule has 1 atom stereocenters. The summed E-state index contributed by atoms with van der Waals surface area (Å²) in [6, 6.07) is 0. The van der Waals surface area contributed by atoms with Gasteiger partial charge in [0, 0.05) is 19.6 Å². The second-order valence-electron chi connectivity index (χ2n) is 6.03. The molecule has 0 saturated carbocycles. The van der Waals surface area contributed by atoms with Crippen LogP contribution >= 0.6 is 0 Å². The summed E-state index contributed by atoms with van der Waals surface area (Å²) in [5.41, 5.74) is -2.19. The molecule has 2 saturated heterocycles. The lowest BCUT2D eigenvalue weighted by Crippen LogP contribution is -2.55. The van der Waals surface area contributed by atoms with Gasteiger partial charge in [0.05, 0.1) is 0 Å². The number of nitrogens with one attached hydrogen (secondary N) is 1. The third kappa shape index (κ3) is 2.80. The van der Waals surface area contributed by atoms with Crippen LogP contribution in [0.4, 0.5) is 13.2 Å². The maximum atomic E-state index is 13.3. The number of rotatable bonds is 3. The van der Waals surface area contributed by atoms with Crippen LogP contribution in [0.3, 0.4) is 0 Å². The van der Waals surface area contributed by atoms with Crippen molar-refractivity contribution >= 4 is 5.91 Å². The number of halogens is 3. The Kier molecular flexibility index (Phi) is 4.62. The van der Waals surface area contributed by atoms with Crippen molar-refractivity contribution in [3.63, 3.8) is 0 Å². The average Bonchev–Trinajstić information content (AvgIpc) is 2.89. The van der Waals surface area contributed by atoms with Crippen molar-refractivity contribution in [1.82, 2.24) is 10.2 Å². The SMILES string of the molecule is CCCC1CCN(C(=O)C2(C(F)(F)F)CCNC2)CC1. The molecule has 0 aromatic heterocycles. The van der Waals surface area contributed by atoms with E-state index in [-0.39, 0.29) is 19.5 Å². The fraction of sp³-hybridized carbons (Fsp3) is 0.929. The van der Waals surface area contributed by atoms with Crippen LogP contribution in [-0.2, 0) is 4.79 Å². The molecule has 1 N–H and O–H groups in total. The molecule has 1 amide bonds. The van der Waals surface area contributed by atoms with Crippen molar-refractivity contribution in [2.45, 2.75) is 45.2 Å². The van der Waals surface area contributed by atoms with E-state index in [0.717, 1.165) is 25.7 Å². The number of carbonyl (C=O) groups excluding carboxylic acids is 1. The maximum Gasteiger partial charge on any atom is 0.404 e. The minimum absolute atomic E-state index is 0.135. The lowest BCUT2D eigenvalue weighted by molar-refractivity contribution is -0.222. The fourth-order valence-corrected chi connectivity index (χ4v) is 3.37. The molecule has 2 aliphatic heterocycles. The molecule has 3 nitrogen and oxygen atoms in total. The minimum Gasteiger partial charge on any atom is -0.342 e. The van der Waals surface area contributed by atoms with E-state index in [4.69, 9.17) is 0 Å². The molecular formula is C14H23F3N2O. The summed E-state index contributed by atoms with van der Waals surface area (Å²) in [4.78, 5) is 13.8. The van der Waals surface area contributed by atoms with E-state index in [1.54, 1.807) is 0 Å². The summed E-state index contributed by atoms with van der Waals surface area (Å²) in [6.07, 6.45) is -0.733. The van der Waals surface area contributed by atoms with E-state index >= 15 is 0 Å². The molecule has 2 heterocycles. The van der Waals surface area contributed by atoms with Crippen molar-refractivity contribution in [2.24, 2.45) is 11.3 Å². The predicted octanol–water partition coefficient (Wildman–Crippen LogP) is 2.57. The van der Waals surface area contributed by atoms with Crippen LogP contribution in [0.5, 0.6) is 0 Å². The third-order valence-electron chi connectivity index (χ3n) is 4.71. The second kappa shape index (κ2) is 5.92. The Morgan fingerprint density at radius 1 is 1.35 bits per heavy atom. The molecule has 2 rings (SSSR count). The predicted molar refractivity (Wildman–Crippen MR) is 70.2 cm³/mol. The molecule has 6 heteroatoms. The summed E-state index contributed by atoms with van der Waals surface area (Å²) in [7, 11) is 0. The molecule has 0 aromatic rings. The standard InChI is InChI=1S/C14H23F3N2O/c1-2-3-11-4-8-19(9-5-11)12(20)13(14(15,16)17)6-7-18-10-13/h11,18H,2-10H2,1H3. The maximum absolute atomic E-state index is 13.3. The first-order valence-electron chi connectivity index (χ1n) is 7.47. The summed E-state index contributed by atoms with van der Waals surface area (Å²) in [6.45, 7) is 3.05. The summed E-state index contributed by atoms with van der Waals surface area (Å²) in [5.74, 6) is -0.155. The Labute approximate surface area is 117 Å². The minimum atomic E-state index is -4.46. The Morgan fingerprint density at radius 2 is 2.00 bits per heavy atom. The largest absolute Gasteiger partial charge is 0.404 e. The summed E-state index contributed by atoms with van der Waals surface area (Å²) < 4.78 is 40.0. The van der Waals surface area contributed by atoms with Gasteiger partial charge in [0.1, 0.15) is 0 Å². The fourth-order valence-electron chi connectivity index (χ4n) is 3.37. The van der Waals surface area contributed by atoms with Gasteiger partial charge in [-0.2, -0.15) is 13.2 Å². The second-order valence-corrected chi connectivity index (χ2v) is 6.03. The zero-order valence-corrected chi connectivity index (χ0v) is 11.9. The highest BCUT2D eigenvalue weighted by molar-refractivity contribution is 5.84. The Morgan fingerprint density at radius 3 is 2.45 bits per heavy atom. The topological polar surface area (TPSA) is 32.3 Å². The smallest absolute Gasteiger partial charge is 0.342 e. The van der Waals surface area contributed by atoms with E-state index in [9.17, 15) is 18.0 Å². The molecule has 0 spiro atoms. The zero-order valence-electron chi connectivity index (χ0n) is 11.9. The van der Waals surface area contributed by atoms with Gasteiger partial charge in [0.15, 0.2) is 5.41 Å². The first-order valence-corrected chi connectivity index (χ1v) is 7.47. The number of hydrogen-bond donors (Lipinski definition) is 1. The number of alkyl halides is 3. The Balaban J connectivity index is 2.03. The first kappa shape index (κ1) is 15.6. The Bertz CT molecular complexity index is 343. The van der Waals surface area contributed by atoms with Crippen LogP contribution in [0, 0.1) is 11.3 Å². The van der Waals surface area contributed by atoms with Gasteiger partial charge in [0.2, 0.25) is 5.91 Å². The number of carbonyl (C=O) groups is 1. The van der Waals surface area contributed by atoms with Gasteiger partial charge in [-0.05, 0) is 31.7 Å². The molecule has 0 bridgehead atoms. The molecule has 0 radical (unpaired) electrons. The summed E-state index contributed by atoms with van der Waals surface area (Å²) >= 11 is 0. The number of likely N-dealkylation sites (tertiary alicyclic amines) is 1. The molecule has 1 unspecified atom stereocenters. The molecule has 116 valence electrons. The number of nitrogens with zero attached hydrogens (tertiary/aromatic N) is 1. The molecule has 0 aromatic carbocycles. The van der Waals surface area contributed by atoms with Gasteiger partial charge in [0.25, 0.3) is 0 Å². The van der Waals surface area contributed by atoms with E-state index in [1.807, 2.05) is 0 Å². The lowest BCUT2D eigenvalue weighted by atomic mass is 9.83. The van der Waals surface area contributed by atoms with Crippen LogP contribution in [0.1, 0.15) is 39.0 Å². The molecule has 2 aliphatic rings. The number of amides is 1. The van der Waals surface area contributed by atoms with E-state index in [1.165, 1.54) is 4.90 Å². The van der Waals surface area contributed by atoms with Crippen LogP contribution in [0.15, 0.2) is 0 Å². The van der Waals surface area contributed by atoms with Gasteiger partial charge in [-0.25, -0.2) is 0 Å².